The minimum Gasteiger partial charge on any atom is -0.497 e. The number of fused-ring (bicyclic) bond motifs is 1. The number of pyridine rings is 1. The summed E-state index contributed by atoms with van der Waals surface area (Å²) in [6.07, 6.45) is 2.19. The van der Waals surface area contributed by atoms with Crippen LogP contribution in [0.15, 0.2) is 41.3 Å². The quantitative estimate of drug-likeness (QED) is 0.402. The minimum atomic E-state index is -0.378. The second-order valence-corrected chi connectivity index (χ2v) is 7.59. The number of methoxy groups -OCH3 is 1. The normalized spacial score (nSPS) is 11.0. The lowest BCUT2D eigenvalue weighted by atomic mass is 10.2. The number of hydrogen-bond acceptors (Lipinski definition) is 6. The fourth-order valence-electron chi connectivity index (χ4n) is 3.05. The van der Waals surface area contributed by atoms with Gasteiger partial charge in [0.05, 0.1) is 25.3 Å². The van der Waals surface area contributed by atoms with Gasteiger partial charge < -0.3 is 14.8 Å². The molecule has 0 spiro atoms. The molecule has 3 rings (SSSR count). The number of hydrogen-bond donors (Lipinski definition) is 1. The standard InChI is InChI=1S/C22H25ClN4O4/c1-14(2)25-19(28)13-27-21(15-6-4-7-16(10-15)30-3)26-20-18(22(27)29)11-17(12-24-20)31-9-5-8-23/h4,6-7,10-12,14H,5,8-9,13H2,1-3H3,(H,25,28). The molecule has 0 unspecified atom stereocenters. The monoisotopic (exact) mass is 444 g/mol. The Hall–Kier alpha value is -3.13. The van der Waals surface area contributed by atoms with Gasteiger partial charge >= 0.3 is 0 Å². The SMILES string of the molecule is COc1cccc(-c2nc3ncc(OCCCCl)cc3c(=O)n2CC(=O)NC(C)C)c1. The van der Waals surface area contributed by atoms with E-state index < -0.39 is 0 Å². The number of benzene rings is 1. The molecule has 0 radical (unpaired) electrons. The third kappa shape index (κ3) is 5.52. The van der Waals surface area contributed by atoms with Crippen molar-refractivity contribution >= 4 is 28.5 Å². The first kappa shape index (κ1) is 22.6. The highest BCUT2D eigenvalue weighted by Crippen LogP contribution is 2.24. The number of carbonyl (C=O) groups excluding carboxylic acids is 1. The summed E-state index contributed by atoms with van der Waals surface area (Å²) in [5.41, 5.74) is 0.532. The molecule has 0 fully saturated rings. The molecule has 3 aromatic rings. The van der Waals surface area contributed by atoms with Gasteiger partial charge in [-0.25, -0.2) is 9.97 Å². The molecular weight excluding hydrogens is 420 g/mol. The van der Waals surface area contributed by atoms with Crippen LogP contribution in [-0.4, -0.2) is 46.1 Å². The molecule has 1 N–H and O–H groups in total. The number of alkyl halides is 1. The second kappa shape index (κ2) is 10.3. The van der Waals surface area contributed by atoms with E-state index in [4.69, 9.17) is 21.1 Å². The third-order valence-corrected chi connectivity index (χ3v) is 4.68. The summed E-state index contributed by atoms with van der Waals surface area (Å²) in [4.78, 5) is 34.8. The Labute approximate surface area is 185 Å². The van der Waals surface area contributed by atoms with Crippen LogP contribution in [-0.2, 0) is 11.3 Å². The highest BCUT2D eigenvalue weighted by atomic mass is 35.5. The first-order valence-corrected chi connectivity index (χ1v) is 10.5. The zero-order valence-corrected chi connectivity index (χ0v) is 18.5. The highest BCUT2D eigenvalue weighted by molar-refractivity contribution is 6.17. The van der Waals surface area contributed by atoms with Crippen molar-refractivity contribution in [2.75, 3.05) is 19.6 Å². The maximum atomic E-state index is 13.4. The van der Waals surface area contributed by atoms with E-state index in [0.717, 1.165) is 0 Å². The Balaban J connectivity index is 2.13. The maximum absolute atomic E-state index is 13.4. The predicted molar refractivity (Wildman–Crippen MR) is 120 cm³/mol. The van der Waals surface area contributed by atoms with E-state index in [1.165, 1.54) is 10.8 Å². The van der Waals surface area contributed by atoms with Gasteiger partial charge in [0.25, 0.3) is 5.56 Å². The van der Waals surface area contributed by atoms with Gasteiger partial charge in [0.2, 0.25) is 5.91 Å². The zero-order chi connectivity index (χ0) is 22.4. The minimum absolute atomic E-state index is 0.0551. The number of amides is 1. The number of rotatable bonds is 9. The molecule has 0 aliphatic rings. The van der Waals surface area contributed by atoms with Crippen LogP contribution in [0.3, 0.4) is 0 Å². The van der Waals surface area contributed by atoms with Crippen LogP contribution < -0.4 is 20.3 Å². The number of nitrogens with one attached hydrogen (secondary N) is 1. The number of nitrogens with zero attached hydrogens (tertiary/aromatic N) is 3. The van der Waals surface area contributed by atoms with Gasteiger partial charge in [-0.1, -0.05) is 12.1 Å². The van der Waals surface area contributed by atoms with Gasteiger partial charge in [-0.15, -0.1) is 11.6 Å². The van der Waals surface area contributed by atoms with E-state index in [0.29, 0.717) is 41.8 Å². The zero-order valence-electron chi connectivity index (χ0n) is 17.7. The van der Waals surface area contributed by atoms with Crippen molar-refractivity contribution < 1.29 is 14.3 Å². The van der Waals surface area contributed by atoms with Gasteiger partial charge in [0, 0.05) is 17.5 Å². The summed E-state index contributed by atoms with van der Waals surface area (Å²) in [5.74, 6) is 1.58. The Kier molecular flexibility index (Phi) is 7.46. The van der Waals surface area contributed by atoms with Crippen LogP contribution in [0.2, 0.25) is 0 Å². The fourth-order valence-corrected chi connectivity index (χ4v) is 3.16. The van der Waals surface area contributed by atoms with Crippen molar-refractivity contribution in [1.82, 2.24) is 19.9 Å². The number of aromatic nitrogens is 3. The third-order valence-electron chi connectivity index (χ3n) is 4.41. The Morgan fingerprint density at radius 1 is 1.26 bits per heavy atom. The van der Waals surface area contributed by atoms with Crippen LogP contribution in [0.5, 0.6) is 11.5 Å². The van der Waals surface area contributed by atoms with Crippen LogP contribution in [0, 0.1) is 0 Å². The van der Waals surface area contributed by atoms with E-state index in [-0.39, 0.29) is 35.1 Å². The molecule has 0 bridgehead atoms. The lowest BCUT2D eigenvalue weighted by Crippen LogP contribution is -2.37. The summed E-state index contributed by atoms with van der Waals surface area (Å²) in [5, 5.41) is 3.08. The number of ether oxygens (including phenoxy) is 2. The van der Waals surface area contributed by atoms with Crippen molar-refractivity contribution in [2.24, 2.45) is 0 Å². The molecule has 1 aromatic carbocycles. The second-order valence-electron chi connectivity index (χ2n) is 7.21. The molecule has 2 heterocycles. The summed E-state index contributed by atoms with van der Waals surface area (Å²) in [7, 11) is 1.56. The van der Waals surface area contributed by atoms with E-state index in [9.17, 15) is 9.59 Å². The van der Waals surface area contributed by atoms with E-state index in [1.54, 1.807) is 37.4 Å². The van der Waals surface area contributed by atoms with Crippen LogP contribution >= 0.6 is 11.6 Å². The van der Waals surface area contributed by atoms with Crippen LogP contribution in [0.25, 0.3) is 22.4 Å². The molecule has 2 aromatic heterocycles. The van der Waals surface area contributed by atoms with E-state index >= 15 is 0 Å². The summed E-state index contributed by atoms with van der Waals surface area (Å²) in [6.45, 7) is 3.95. The summed E-state index contributed by atoms with van der Waals surface area (Å²) >= 11 is 5.68. The maximum Gasteiger partial charge on any atom is 0.263 e. The average molecular weight is 445 g/mol. The molecule has 9 heteroatoms. The van der Waals surface area contributed by atoms with E-state index in [1.807, 2.05) is 13.8 Å². The number of halogens is 1. The highest BCUT2D eigenvalue weighted by Gasteiger charge is 2.18. The van der Waals surface area contributed by atoms with Crippen molar-refractivity contribution in [1.29, 1.82) is 0 Å². The van der Waals surface area contributed by atoms with Gasteiger partial charge in [0.1, 0.15) is 23.9 Å². The summed E-state index contributed by atoms with van der Waals surface area (Å²) in [6, 6.07) is 8.69. The fraction of sp³-hybridized carbons (Fsp3) is 0.364. The molecular formula is C22H25ClN4O4. The molecule has 164 valence electrons. The molecule has 0 aliphatic carbocycles. The van der Waals surface area contributed by atoms with Crippen molar-refractivity contribution in [2.45, 2.75) is 32.9 Å². The smallest absolute Gasteiger partial charge is 0.263 e. The lowest BCUT2D eigenvalue weighted by molar-refractivity contribution is -0.122. The van der Waals surface area contributed by atoms with Gasteiger partial charge in [0.15, 0.2) is 5.65 Å². The number of carbonyl (C=O) groups is 1. The van der Waals surface area contributed by atoms with E-state index in [2.05, 4.69) is 15.3 Å². The Morgan fingerprint density at radius 2 is 2.06 bits per heavy atom. The van der Waals surface area contributed by atoms with Crippen molar-refractivity contribution in [3.8, 4) is 22.9 Å². The lowest BCUT2D eigenvalue weighted by Gasteiger charge is -2.15. The topological polar surface area (TPSA) is 95.3 Å². The predicted octanol–water partition coefficient (Wildman–Crippen LogP) is 3.00. The average Bonchev–Trinajstić information content (AvgIpc) is 2.75. The van der Waals surface area contributed by atoms with Crippen LogP contribution in [0.4, 0.5) is 0 Å². The molecule has 0 aliphatic heterocycles. The Bertz CT molecular complexity index is 1130. The molecule has 0 atom stereocenters. The van der Waals surface area contributed by atoms with Crippen molar-refractivity contribution in [3.05, 3.63) is 46.9 Å². The van der Waals surface area contributed by atoms with Gasteiger partial charge in [-0.05, 0) is 38.5 Å². The molecule has 8 nitrogen and oxygen atoms in total. The Morgan fingerprint density at radius 3 is 2.77 bits per heavy atom. The molecule has 31 heavy (non-hydrogen) atoms. The van der Waals surface area contributed by atoms with Gasteiger partial charge in [-0.2, -0.15) is 0 Å². The first-order chi connectivity index (χ1) is 14.9. The largest absolute Gasteiger partial charge is 0.497 e. The molecule has 0 saturated carbocycles. The van der Waals surface area contributed by atoms with Crippen LogP contribution in [0.1, 0.15) is 20.3 Å². The first-order valence-electron chi connectivity index (χ1n) is 9.96. The molecule has 0 saturated heterocycles. The van der Waals surface area contributed by atoms with Crippen molar-refractivity contribution in [3.63, 3.8) is 0 Å². The summed E-state index contributed by atoms with van der Waals surface area (Å²) < 4.78 is 12.2. The molecule has 1 amide bonds. The van der Waals surface area contributed by atoms with Gasteiger partial charge in [-0.3, -0.25) is 14.2 Å².